The van der Waals surface area contributed by atoms with Crippen LogP contribution in [0.1, 0.15) is 51.4 Å². The first-order chi connectivity index (χ1) is 13.0. The monoisotopic (exact) mass is 421 g/mol. The van der Waals surface area contributed by atoms with E-state index in [-0.39, 0.29) is 0 Å². The van der Waals surface area contributed by atoms with Crippen LogP contribution in [0.3, 0.4) is 0 Å². The fraction of sp³-hybridized carbons (Fsp3) is 1.00. The van der Waals surface area contributed by atoms with Crippen LogP contribution in [0.15, 0.2) is 0 Å². The predicted molar refractivity (Wildman–Crippen MR) is 109 cm³/mol. The number of hydrogen-bond acceptors (Lipinski definition) is 7. The van der Waals surface area contributed by atoms with E-state index in [1.165, 1.54) is 0 Å². The first-order valence-electron chi connectivity index (χ1n) is 10.1. The molecule has 2 aliphatic rings. The summed E-state index contributed by atoms with van der Waals surface area (Å²) < 4.78 is 34.1. The van der Waals surface area contributed by atoms with E-state index in [0.29, 0.717) is 23.2 Å². The lowest BCUT2D eigenvalue weighted by Crippen LogP contribution is -2.52. The van der Waals surface area contributed by atoms with Gasteiger partial charge in [-0.15, -0.1) is 0 Å². The molecule has 0 aromatic rings. The minimum Gasteiger partial charge on any atom is -0.377 e. The Bertz CT molecular complexity index is 366. The molecule has 0 unspecified atom stereocenters. The highest BCUT2D eigenvalue weighted by atomic mass is 28.4. The number of hydrogen-bond donors (Lipinski definition) is 1. The van der Waals surface area contributed by atoms with Gasteiger partial charge in [0.15, 0.2) is 0 Å². The van der Waals surface area contributed by atoms with Gasteiger partial charge in [-0.05, 0) is 51.4 Å². The van der Waals surface area contributed by atoms with E-state index >= 15 is 0 Å². The van der Waals surface area contributed by atoms with E-state index in [1.807, 2.05) is 0 Å². The highest BCUT2D eigenvalue weighted by Crippen LogP contribution is 2.40. The lowest BCUT2D eigenvalue weighted by molar-refractivity contribution is 0.0986. The van der Waals surface area contributed by atoms with Crippen molar-refractivity contribution in [2.24, 2.45) is 0 Å². The van der Waals surface area contributed by atoms with Gasteiger partial charge in [0.2, 0.25) is 0 Å². The second-order valence-corrected chi connectivity index (χ2v) is 14.2. The van der Waals surface area contributed by atoms with E-state index in [1.54, 1.807) is 42.7 Å². The summed E-state index contributed by atoms with van der Waals surface area (Å²) in [6.45, 7) is 0. The molecule has 0 aromatic carbocycles. The summed E-state index contributed by atoms with van der Waals surface area (Å²) in [6, 6.07) is 1.16. The molecule has 0 aliphatic heterocycles. The highest BCUT2D eigenvalue weighted by Gasteiger charge is 2.50. The zero-order valence-electron chi connectivity index (χ0n) is 17.9. The maximum absolute atomic E-state index is 5.68. The molecule has 0 spiro atoms. The van der Waals surface area contributed by atoms with Gasteiger partial charge in [-0.3, -0.25) is 0 Å². The van der Waals surface area contributed by atoms with E-state index in [4.69, 9.17) is 26.6 Å². The molecule has 0 heterocycles. The second kappa shape index (κ2) is 10.8. The molecule has 27 heavy (non-hydrogen) atoms. The maximum atomic E-state index is 5.68. The SMILES string of the molecule is CO[Si](OC)(OC)C1CCC(NC2CCC([Si](OC)(OC)OC)CC2)CC1. The van der Waals surface area contributed by atoms with Crippen LogP contribution < -0.4 is 5.32 Å². The second-order valence-electron chi connectivity index (χ2n) is 7.70. The Hall–Kier alpha value is 0.154. The highest BCUT2D eigenvalue weighted by molar-refractivity contribution is 6.62. The van der Waals surface area contributed by atoms with Crippen molar-refractivity contribution in [1.29, 1.82) is 0 Å². The van der Waals surface area contributed by atoms with Gasteiger partial charge in [0.1, 0.15) is 0 Å². The summed E-state index contributed by atoms with van der Waals surface area (Å²) in [4.78, 5) is 0. The molecule has 1 N–H and O–H groups in total. The first kappa shape index (κ1) is 23.4. The number of nitrogens with one attached hydrogen (secondary N) is 1. The summed E-state index contributed by atoms with van der Waals surface area (Å²) >= 11 is 0. The molecular weight excluding hydrogens is 382 g/mol. The van der Waals surface area contributed by atoms with E-state index in [2.05, 4.69) is 5.32 Å². The minimum atomic E-state index is -2.51. The molecule has 2 rings (SSSR count). The van der Waals surface area contributed by atoms with Crippen molar-refractivity contribution in [1.82, 2.24) is 5.32 Å². The Morgan fingerprint density at radius 1 is 0.481 bits per heavy atom. The van der Waals surface area contributed by atoms with E-state index in [0.717, 1.165) is 51.4 Å². The molecular formula is C18H39NO6Si2. The molecule has 2 saturated carbocycles. The minimum absolute atomic E-state index is 0.406. The molecule has 0 radical (unpaired) electrons. The van der Waals surface area contributed by atoms with Gasteiger partial charge in [0, 0.05) is 65.8 Å². The maximum Gasteiger partial charge on any atom is 0.503 e. The summed E-state index contributed by atoms with van der Waals surface area (Å²) in [5.74, 6) is 0. The Morgan fingerprint density at radius 2 is 0.741 bits per heavy atom. The Labute approximate surface area is 167 Å². The van der Waals surface area contributed by atoms with Crippen LogP contribution in [0.4, 0.5) is 0 Å². The molecule has 0 bridgehead atoms. The average Bonchev–Trinajstić information content (AvgIpc) is 2.74. The molecule has 0 saturated heterocycles. The predicted octanol–water partition coefficient (Wildman–Crippen LogP) is 2.96. The molecule has 0 atom stereocenters. The Morgan fingerprint density at radius 3 is 0.963 bits per heavy atom. The van der Waals surface area contributed by atoms with Gasteiger partial charge < -0.3 is 31.9 Å². The third-order valence-electron chi connectivity index (χ3n) is 6.63. The van der Waals surface area contributed by atoms with Gasteiger partial charge in [-0.1, -0.05) is 0 Å². The Balaban J connectivity index is 1.79. The summed E-state index contributed by atoms with van der Waals surface area (Å²) in [5, 5.41) is 3.90. The quantitative estimate of drug-likeness (QED) is 0.544. The van der Waals surface area contributed by atoms with Crippen molar-refractivity contribution >= 4 is 17.6 Å². The largest absolute Gasteiger partial charge is 0.503 e. The van der Waals surface area contributed by atoms with Crippen LogP contribution >= 0.6 is 0 Å². The molecule has 9 heteroatoms. The molecule has 7 nitrogen and oxygen atoms in total. The van der Waals surface area contributed by atoms with Crippen molar-refractivity contribution in [3.63, 3.8) is 0 Å². The van der Waals surface area contributed by atoms with E-state index in [9.17, 15) is 0 Å². The summed E-state index contributed by atoms with van der Waals surface area (Å²) in [6.07, 6.45) is 9.02. The van der Waals surface area contributed by atoms with Gasteiger partial charge in [-0.25, -0.2) is 0 Å². The smallest absolute Gasteiger partial charge is 0.377 e. The third kappa shape index (κ3) is 5.20. The zero-order valence-corrected chi connectivity index (χ0v) is 19.9. The molecule has 0 amide bonds. The zero-order chi connectivity index (χ0) is 19.9. The summed E-state index contributed by atoms with van der Waals surface area (Å²) in [7, 11) is 5.27. The van der Waals surface area contributed by atoms with Crippen molar-refractivity contribution in [2.75, 3.05) is 42.7 Å². The molecule has 160 valence electrons. The lowest BCUT2D eigenvalue weighted by Gasteiger charge is -2.40. The molecule has 2 fully saturated rings. The lowest BCUT2D eigenvalue weighted by atomic mass is 9.90. The van der Waals surface area contributed by atoms with Crippen LogP contribution in [-0.2, 0) is 26.6 Å². The van der Waals surface area contributed by atoms with Crippen LogP contribution in [0.25, 0.3) is 0 Å². The van der Waals surface area contributed by atoms with Gasteiger partial charge in [0.25, 0.3) is 0 Å². The van der Waals surface area contributed by atoms with Gasteiger partial charge in [0.05, 0.1) is 0 Å². The third-order valence-corrected chi connectivity index (χ3v) is 13.2. The van der Waals surface area contributed by atoms with Gasteiger partial charge >= 0.3 is 17.6 Å². The number of rotatable bonds is 10. The van der Waals surface area contributed by atoms with Crippen LogP contribution in [-0.4, -0.2) is 72.4 Å². The van der Waals surface area contributed by atoms with Crippen molar-refractivity contribution in [3.8, 4) is 0 Å². The van der Waals surface area contributed by atoms with Gasteiger partial charge in [-0.2, -0.15) is 0 Å². The van der Waals surface area contributed by atoms with E-state index < -0.39 is 17.6 Å². The standard InChI is InChI=1S/C18H39NO6Si2/c1-20-26(21-2,22-3)17-11-7-15(8-12-17)19-16-9-13-18(14-10-16)27(23-4,24-5)25-6/h15-19H,7-14H2,1-6H3. The van der Waals surface area contributed by atoms with Crippen molar-refractivity contribution in [2.45, 2.75) is 74.5 Å². The Kier molecular flexibility index (Phi) is 9.37. The van der Waals surface area contributed by atoms with Crippen molar-refractivity contribution in [3.05, 3.63) is 0 Å². The van der Waals surface area contributed by atoms with Crippen LogP contribution in [0.2, 0.25) is 11.1 Å². The molecule has 0 aromatic heterocycles. The first-order valence-corrected chi connectivity index (χ1v) is 13.7. The fourth-order valence-corrected chi connectivity index (χ4v) is 10.1. The molecule has 2 aliphatic carbocycles. The topological polar surface area (TPSA) is 67.4 Å². The van der Waals surface area contributed by atoms with Crippen LogP contribution in [0.5, 0.6) is 0 Å². The average molecular weight is 422 g/mol. The summed E-state index contributed by atoms with van der Waals surface area (Å²) in [5.41, 5.74) is 0.811. The normalized spacial score (nSPS) is 30.4. The van der Waals surface area contributed by atoms with Crippen molar-refractivity contribution < 1.29 is 26.6 Å². The fourth-order valence-electron chi connectivity index (χ4n) is 5.06. The van der Waals surface area contributed by atoms with Crippen LogP contribution in [0, 0.1) is 0 Å².